The van der Waals surface area contributed by atoms with Crippen LogP contribution in [-0.2, 0) is 13.5 Å². The van der Waals surface area contributed by atoms with Gasteiger partial charge < -0.3 is 14.5 Å². The molecule has 5 heteroatoms. The predicted octanol–water partition coefficient (Wildman–Crippen LogP) is -1.63. The molecular weight excluding hydrogens is 277 g/mol. The number of benzene rings is 1. The maximum Gasteiger partial charge on any atom is 1.00 e. The molecule has 0 amide bonds. The van der Waals surface area contributed by atoms with Crippen molar-refractivity contribution in [1.82, 2.24) is 4.57 Å². The third-order valence-electron chi connectivity index (χ3n) is 3.33. The summed E-state index contributed by atoms with van der Waals surface area (Å²) in [6.07, 6.45) is 1.28. The molecule has 0 fully saturated rings. The zero-order valence-electron chi connectivity index (χ0n) is 12.6. The van der Waals surface area contributed by atoms with E-state index in [1.54, 1.807) is 11.6 Å². The second kappa shape index (κ2) is 7.59. The molecule has 2 aromatic rings. The van der Waals surface area contributed by atoms with Crippen molar-refractivity contribution < 1.29 is 39.5 Å². The minimum absolute atomic E-state index is 0. The third kappa shape index (κ3) is 3.64. The molecule has 104 valence electrons. The van der Waals surface area contributed by atoms with E-state index in [2.05, 4.69) is 0 Å². The summed E-state index contributed by atoms with van der Waals surface area (Å²) in [6.45, 7) is 1.94. The first kappa shape index (κ1) is 17.7. The first-order valence-corrected chi connectivity index (χ1v) is 6.56. The first-order chi connectivity index (χ1) is 9.56. The molecule has 0 aliphatic heterocycles. The molecule has 21 heavy (non-hydrogen) atoms. The summed E-state index contributed by atoms with van der Waals surface area (Å²) in [5.41, 5.74) is 1.39. The second-order valence-electron chi connectivity index (χ2n) is 4.68. The van der Waals surface area contributed by atoms with Crippen molar-refractivity contribution in [2.45, 2.75) is 19.8 Å². The number of carboxylic acids is 1. The van der Waals surface area contributed by atoms with Crippen LogP contribution in [0.15, 0.2) is 41.2 Å². The van der Waals surface area contributed by atoms with Crippen molar-refractivity contribution in [2.24, 2.45) is 7.05 Å². The molecule has 0 aliphatic rings. The molecule has 0 unspecified atom stereocenters. The van der Waals surface area contributed by atoms with Gasteiger partial charge in [-0.15, -0.1) is 0 Å². The van der Waals surface area contributed by atoms with Crippen molar-refractivity contribution in [2.75, 3.05) is 0 Å². The molecule has 0 spiro atoms. The van der Waals surface area contributed by atoms with Gasteiger partial charge in [0.05, 0.1) is 17.2 Å². The Bertz CT molecular complexity index is 693. The van der Waals surface area contributed by atoms with Gasteiger partial charge in [0.15, 0.2) is 5.43 Å². The summed E-state index contributed by atoms with van der Waals surface area (Å²) in [5.74, 6) is -1.41. The smallest absolute Gasteiger partial charge is 0.545 e. The predicted molar refractivity (Wildman–Crippen MR) is 75.4 cm³/mol. The number of aromatic carboxylic acids is 1. The van der Waals surface area contributed by atoms with Crippen LogP contribution in [0.4, 0.5) is 0 Å². The fourth-order valence-electron chi connectivity index (χ4n) is 2.38. The van der Waals surface area contributed by atoms with Gasteiger partial charge >= 0.3 is 29.6 Å². The zero-order valence-corrected chi connectivity index (χ0v) is 14.6. The number of carbonyl (C=O) groups excluding carboxylic acids is 1. The molecule has 1 heterocycles. The number of hydrogen-bond acceptors (Lipinski definition) is 3. The molecule has 0 saturated heterocycles. The minimum Gasteiger partial charge on any atom is -0.545 e. The third-order valence-corrected chi connectivity index (χ3v) is 3.33. The molecule has 1 aromatic carbocycles. The summed E-state index contributed by atoms with van der Waals surface area (Å²) >= 11 is 0. The summed E-state index contributed by atoms with van der Waals surface area (Å²) in [6, 6.07) is 10.8. The van der Waals surface area contributed by atoms with Crippen LogP contribution in [-0.4, -0.2) is 10.5 Å². The summed E-state index contributed by atoms with van der Waals surface area (Å²) < 4.78 is 1.77. The Kier molecular flexibility index (Phi) is 6.40. The summed E-state index contributed by atoms with van der Waals surface area (Å²) in [7, 11) is 1.78. The van der Waals surface area contributed by atoms with Gasteiger partial charge in [0.1, 0.15) is 0 Å². The molecule has 0 saturated carbocycles. The Morgan fingerprint density at radius 1 is 1.24 bits per heavy atom. The van der Waals surface area contributed by atoms with E-state index in [0.717, 1.165) is 12.0 Å². The zero-order chi connectivity index (χ0) is 14.7. The molecular formula is C16H16NNaO3. The van der Waals surface area contributed by atoms with Gasteiger partial charge in [-0.3, -0.25) is 4.79 Å². The number of nitrogens with zero attached hydrogens (tertiary/aromatic N) is 1. The fourth-order valence-corrected chi connectivity index (χ4v) is 2.38. The summed E-state index contributed by atoms with van der Waals surface area (Å²) in [4.78, 5) is 23.3. The Hall–Kier alpha value is -1.36. The second-order valence-corrected chi connectivity index (χ2v) is 4.68. The van der Waals surface area contributed by atoms with Crippen LogP contribution < -0.4 is 40.1 Å². The Morgan fingerprint density at radius 3 is 2.38 bits per heavy atom. The van der Waals surface area contributed by atoms with Gasteiger partial charge in [-0.2, -0.15) is 0 Å². The van der Waals surface area contributed by atoms with E-state index < -0.39 is 11.4 Å². The van der Waals surface area contributed by atoms with E-state index in [1.807, 2.05) is 37.3 Å². The van der Waals surface area contributed by atoms with Crippen LogP contribution in [0, 0.1) is 0 Å². The quantitative estimate of drug-likeness (QED) is 0.636. The number of pyridine rings is 1. The van der Waals surface area contributed by atoms with Crippen LogP contribution in [0.25, 0.3) is 11.3 Å². The van der Waals surface area contributed by atoms with Gasteiger partial charge in [-0.25, -0.2) is 0 Å². The number of carboxylic acid groups (broad SMARTS) is 1. The molecule has 0 bridgehead atoms. The normalized spacial score (nSPS) is 10.0. The van der Waals surface area contributed by atoms with Gasteiger partial charge in [0.25, 0.3) is 0 Å². The summed E-state index contributed by atoms with van der Waals surface area (Å²) in [5, 5.41) is 11.2. The molecule has 0 atom stereocenters. The molecule has 0 radical (unpaired) electrons. The van der Waals surface area contributed by atoms with Crippen molar-refractivity contribution >= 4 is 5.97 Å². The van der Waals surface area contributed by atoms with E-state index in [4.69, 9.17) is 0 Å². The average Bonchev–Trinajstić information content (AvgIpc) is 2.43. The van der Waals surface area contributed by atoms with Gasteiger partial charge in [-0.1, -0.05) is 43.7 Å². The van der Waals surface area contributed by atoms with Crippen molar-refractivity contribution in [3.63, 3.8) is 0 Å². The van der Waals surface area contributed by atoms with Crippen LogP contribution in [0.5, 0.6) is 0 Å². The molecule has 0 N–H and O–H groups in total. The standard InChI is InChI=1S/C16H17NO3.Na/c1-3-7-12-15(16(19)20)14(18)10-13(17(12)2)11-8-5-4-6-9-11;/h4-6,8-10H,3,7H2,1-2H3,(H,19,20);/q;+1/p-1. The SMILES string of the molecule is CCCc1c(C(=O)[O-])c(=O)cc(-c2ccccc2)n1C.[Na+]. The average molecular weight is 293 g/mol. The number of aromatic nitrogens is 1. The van der Waals surface area contributed by atoms with Crippen LogP contribution >= 0.6 is 0 Å². The fraction of sp³-hybridized carbons (Fsp3) is 0.250. The Labute approximate surface area is 145 Å². The van der Waals surface area contributed by atoms with Gasteiger partial charge in [0.2, 0.25) is 0 Å². The van der Waals surface area contributed by atoms with Crippen molar-refractivity contribution in [1.29, 1.82) is 0 Å². The monoisotopic (exact) mass is 293 g/mol. The van der Waals surface area contributed by atoms with E-state index >= 15 is 0 Å². The van der Waals surface area contributed by atoms with E-state index in [9.17, 15) is 14.7 Å². The topological polar surface area (TPSA) is 62.1 Å². The number of hydrogen-bond donors (Lipinski definition) is 0. The number of rotatable bonds is 4. The van der Waals surface area contributed by atoms with E-state index in [1.165, 1.54) is 6.07 Å². The minimum atomic E-state index is -1.41. The maximum atomic E-state index is 12.1. The molecule has 4 nitrogen and oxygen atoms in total. The molecule has 2 rings (SSSR count). The number of carbonyl (C=O) groups is 1. The van der Waals surface area contributed by atoms with E-state index in [-0.39, 0.29) is 35.1 Å². The van der Waals surface area contributed by atoms with Crippen LogP contribution in [0.2, 0.25) is 0 Å². The van der Waals surface area contributed by atoms with Crippen LogP contribution in [0.1, 0.15) is 29.4 Å². The Balaban J connectivity index is 0.00000220. The van der Waals surface area contributed by atoms with Gasteiger partial charge in [-0.05, 0) is 12.0 Å². The van der Waals surface area contributed by atoms with E-state index in [0.29, 0.717) is 17.8 Å². The van der Waals surface area contributed by atoms with Crippen LogP contribution in [0.3, 0.4) is 0 Å². The maximum absolute atomic E-state index is 12.1. The van der Waals surface area contributed by atoms with Crippen molar-refractivity contribution in [3.05, 3.63) is 57.9 Å². The largest absolute Gasteiger partial charge is 1.00 e. The Morgan fingerprint density at radius 2 is 1.86 bits per heavy atom. The van der Waals surface area contributed by atoms with Crippen molar-refractivity contribution in [3.8, 4) is 11.3 Å². The van der Waals surface area contributed by atoms with Gasteiger partial charge in [0, 0.05) is 18.8 Å². The molecule has 0 aliphatic carbocycles. The molecule has 1 aromatic heterocycles. The first-order valence-electron chi connectivity index (χ1n) is 6.56.